The Morgan fingerprint density at radius 2 is 1.56 bits per heavy atom. The molecule has 27 heavy (non-hydrogen) atoms. The maximum absolute atomic E-state index is 13.1. The molecule has 0 saturated heterocycles. The van der Waals surface area contributed by atoms with Crippen LogP contribution in [-0.4, -0.2) is 9.55 Å². The monoisotopic (exact) mass is 392 g/mol. The molecule has 0 aliphatic heterocycles. The molecule has 2 aromatic carbocycles. The summed E-state index contributed by atoms with van der Waals surface area (Å²) in [7, 11) is 0. The quantitative estimate of drug-likeness (QED) is 0.336. The third-order valence-electron chi connectivity index (χ3n) is 4.48. The van der Waals surface area contributed by atoms with Crippen molar-refractivity contribution in [2.75, 3.05) is 0 Å². The second-order valence-electron chi connectivity index (χ2n) is 6.68. The topological polar surface area (TPSA) is 34.9 Å². The van der Waals surface area contributed by atoms with Crippen LogP contribution < -0.4 is 5.56 Å². The molecule has 2 aromatic heterocycles. The molecule has 5 heteroatoms. The van der Waals surface area contributed by atoms with Gasteiger partial charge in [-0.15, -0.1) is 11.3 Å². The number of benzene rings is 2. The molecule has 2 heterocycles. The van der Waals surface area contributed by atoms with E-state index >= 15 is 0 Å². The van der Waals surface area contributed by atoms with Gasteiger partial charge >= 0.3 is 0 Å². The van der Waals surface area contributed by atoms with Crippen LogP contribution in [-0.2, 0) is 12.3 Å². The van der Waals surface area contributed by atoms with E-state index in [1.54, 1.807) is 11.8 Å². The number of rotatable bonds is 5. The number of fused-ring (bicyclic) bond motifs is 1. The van der Waals surface area contributed by atoms with Gasteiger partial charge in [0.15, 0.2) is 5.16 Å². The van der Waals surface area contributed by atoms with Gasteiger partial charge in [-0.25, -0.2) is 4.98 Å². The second-order valence-corrected chi connectivity index (χ2v) is 8.54. The zero-order valence-corrected chi connectivity index (χ0v) is 16.9. The lowest BCUT2D eigenvalue weighted by Crippen LogP contribution is -2.23. The predicted octanol–water partition coefficient (Wildman–Crippen LogP) is 5.42. The number of aromatic nitrogens is 2. The van der Waals surface area contributed by atoms with Crippen molar-refractivity contribution in [1.82, 2.24) is 9.55 Å². The average molecular weight is 393 g/mol. The summed E-state index contributed by atoms with van der Waals surface area (Å²) in [5, 5.41) is 2.70. The minimum absolute atomic E-state index is 0.0435. The molecule has 136 valence electrons. The third-order valence-corrected chi connectivity index (χ3v) is 6.42. The zero-order valence-electron chi connectivity index (χ0n) is 15.3. The molecule has 0 unspecified atom stereocenters. The van der Waals surface area contributed by atoms with E-state index in [2.05, 4.69) is 62.4 Å². The maximum Gasteiger partial charge on any atom is 0.272 e. The highest BCUT2D eigenvalue weighted by Gasteiger charge is 2.13. The van der Waals surface area contributed by atoms with E-state index in [1.807, 2.05) is 16.0 Å². The molecule has 3 nitrogen and oxygen atoms in total. The van der Waals surface area contributed by atoms with E-state index < -0.39 is 0 Å². The second kappa shape index (κ2) is 7.71. The van der Waals surface area contributed by atoms with Gasteiger partial charge in [-0.1, -0.05) is 71.4 Å². The Balaban J connectivity index is 1.69. The summed E-state index contributed by atoms with van der Waals surface area (Å²) in [5.74, 6) is 0.788. The summed E-state index contributed by atoms with van der Waals surface area (Å²) < 4.78 is 2.53. The molecule has 0 amide bonds. The van der Waals surface area contributed by atoms with E-state index in [-0.39, 0.29) is 5.56 Å². The van der Waals surface area contributed by atoms with Gasteiger partial charge in [0.05, 0.1) is 12.1 Å². The Labute approximate surface area is 166 Å². The first kappa shape index (κ1) is 18.0. The molecule has 4 rings (SSSR count). The zero-order chi connectivity index (χ0) is 18.8. The van der Waals surface area contributed by atoms with Crippen LogP contribution in [0.3, 0.4) is 0 Å². The Morgan fingerprint density at radius 1 is 0.926 bits per heavy atom. The number of nitrogens with zero attached hydrogens (tertiary/aromatic N) is 2. The van der Waals surface area contributed by atoms with E-state index in [1.165, 1.54) is 28.0 Å². The first-order valence-corrected chi connectivity index (χ1v) is 10.7. The lowest BCUT2D eigenvalue weighted by molar-refractivity contribution is 0.659. The number of thioether (sulfide) groups is 1. The van der Waals surface area contributed by atoms with Crippen LogP contribution in [0, 0.1) is 13.8 Å². The van der Waals surface area contributed by atoms with Crippen LogP contribution in [0.2, 0.25) is 0 Å². The van der Waals surface area contributed by atoms with Crippen molar-refractivity contribution >= 4 is 33.3 Å². The van der Waals surface area contributed by atoms with Crippen LogP contribution in [0.15, 0.2) is 69.9 Å². The minimum Gasteiger partial charge on any atom is -0.282 e. The standard InChI is InChI=1S/C22H20N2OS2/c1-15-3-7-17(8-4-15)13-24-21(25)20-19(11-12-26-20)23-22(24)27-14-18-9-5-16(2)6-10-18/h3-12H,13-14H2,1-2H3. The normalized spacial score (nSPS) is 11.2. The molecule has 0 N–H and O–H groups in total. The highest BCUT2D eigenvalue weighted by molar-refractivity contribution is 7.98. The van der Waals surface area contributed by atoms with Crippen LogP contribution in [0.5, 0.6) is 0 Å². The molecule has 0 aliphatic rings. The lowest BCUT2D eigenvalue weighted by Gasteiger charge is -2.12. The Kier molecular flexibility index (Phi) is 5.14. The van der Waals surface area contributed by atoms with Crippen molar-refractivity contribution in [3.8, 4) is 0 Å². The fraction of sp³-hybridized carbons (Fsp3) is 0.182. The van der Waals surface area contributed by atoms with Gasteiger partial charge in [-0.2, -0.15) is 0 Å². The van der Waals surface area contributed by atoms with E-state index in [9.17, 15) is 4.79 Å². The molecule has 0 aliphatic carbocycles. The van der Waals surface area contributed by atoms with Gasteiger partial charge in [0.1, 0.15) is 4.70 Å². The largest absolute Gasteiger partial charge is 0.282 e. The number of hydrogen-bond acceptors (Lipinski definition) is 4. The molecule has 0 saturated carbocycles. The van der Waals surface area contributed by atoms with Gasteiger partial charge in [-0.3, -0.25) is 9.36 Å². The Hall–Kier alpha value is -2.37. The van der Waals surface area contributed by atoms with Crippen LogP contribution in [0.1, 0.15) is 22.3 Å². The van der Waals surface area contributed by atoms with Crippen molar-refractivity contribution in [3.05, 3.63) is 92.6 Å². The molecule has 0 fully saturated rings. The summed E-state index contributed by atoms with van der Waals surface area (Å²) >= 11 is 3.08. The van der Waals surface area contributed by atoms with Crippen LogP contribution in [0.4, 0.5) is 0 Å². The highest BCUT2D eigenvalue weighted by Crippen LogP contribution is 2.24. The van der Waals surface area contributed by atoms with Gasteiger partial charge < -0.3 is 0 Å². The summed E-state index contributed by atoms with van der Waals surface area (Å²) in [4.78, 5) is 17.8. The molecular weight excluding hydrogens is 372 g/mol. The fourth-order valence-electron chi connectivity index (χ4n) is 2.88. The van der Waals surface area contributed by atoms with E-state index in [0.29, 0.717) is 6.54 Å². The Bertz CT molecular complexity index is 1130. The number of aryl methyl sites for hydroxylation is 2. The maximum atomic E-state index is 13.1. The Morgan fingerprint density at radius 3 is 2.22 bits per heavy atom. The number of thiophene rings is 1. The van der Waals surface area contributed by atoms with Crippen molar-refractivity contribution in [3.63, 3.8) is 0 Å². The molecule has 0 spiro atoms. The SMILES string of the molecule is Cc1ccc(CSc2nc3ccsc3c(=O)n2Cc2ccc(C)cc2)cc1. The summed E-state index contributed by atoms with van der Waals surface area (Å²) in [6, 6.07) is 18.7. The van der Waals surface area contributed by atoms with E-state index in [0.717, 1.165) is 26.7 Å². The van der Waals surface area contributed by atoms with Crippen LogP contribution in [0.25, 0.3) is 10.2 Å². The van der Waals surface area contributed by atoms with Crippen molar-refractivity contribution in [2.45, 2.75) is 31.3 Å². The van der Waals surface area contributed by atoms with Crippen LogP contribution >= 0.6 is 23.1 Å². The summed E-state index contributed by atoms with van der Waals surface area (Å²) in [6.45, 7) is 4.69. The van der Waals surface area contributed by atoms with Gasteiger partial charge in [0.2, 0.25) is 0 Å². The van der Waals surface area contributed by atoms with Gasteiger partial charge in [0, 0.05) is 5.75 Å². The minimum atomic E-state index is 0.0435. The van der Waals surface area contributed by atoms with E-state index in [4.69, 9.17) is 4.98 Å². The molecule has 0 atom stereocenters. The fourth-order valence-corrected chi connectivity index (χ4v) is 4.61. The van der Waals surface area contributed by atoms with Crippen molar-refractivity contribution < 1.29 is 0 Å². The molecule has 4 aromatic rings. The molecule has 0 bridgehead atoms. The van der Waals surface area contributed by atoms with Gasteiger partial charge in [-0.05, 0) is 36.4 Å². The van der Waals surface area contributed by atoms with Gasteiger partial charge in [0.25, 0.3) is 5.56 Å². The molecule has 0 radical (unpaired) electrons. The molecular formula is C22H20N2OS2. The highest BCUT2D eigenvalue weighted by atomic mass is 32.2. The first-order valence-electron chi connectivity index (χ1n) is 8.82. The van der Waals surface area contributed by atoms with Crippen molar-refractivity contribution in [2.24, 2.45) is 0 Å². The third kappa shape index (κ3) is 3.99. The number of hydrogen-bond donors (Lipinski definition) is 0. The van der Waals surface area contributed by atoms with Crippen molar-refractivity contribution in [1.29, 1.82) is 0 Å². The smallest absolute Gasteiger partial charge is 0.272 e. The summed E-state index contributed by atoms with van der Waals surface area (Å²) in [5.41, 5.74) is 5.63. The first-order chi connectivity index (χ1) is 13.1. The average Bonchev–Trinajstić information content (AvgIpc) is 3.14. The summed E-state index contributed by atoms with van der Waals surface area (Å²) in [6.07, 6.45) is 0. The lowest BCUT2D eigenvalue weighted by atomic mass is 10.1. The predicted molar refractivity (Wildman–Crippen MR) is 115 cm³/mol.